The molecule has 0 amide bonds. The van der Waals surface area contributed by atoms with Crippen LogP contribution >= 0.6 is 15.9 Å². The summed E-state index contributed by atoms with van der Waals surface area (Å²) in [7, 11) is 0. The van der Waals surface area contributed by atoms with Crippen LogP contribution in [0.25, 0.3) is 0 Å². The van der Waals surface area contributed by atoms with E-state index in [-0.39, 0.29) is 0 Å². The lowest BCUT2D eigenvalue weighted by molar-refractivity contribution is 0.233. The molecule has 23 heavy (non-hydrogen) atoms. The Kier molecular flexibility index (Phi) is 5.70. The molecule has 0 bridgehead atoms. The van der Waals surface area contributed by atoms with Gasteiger partial charge >= 0.3 is 0 Å². The predicted molar refractivity (Wildman–Crippen MR) is 97.8 cm³/mol. The molecule has 0 atom stereocenters. The van der Waals surface area contributed by atoms with Crippen LogP contribution in [0.4, 0.5) is 0 Å². The van der Waals surface area contributed by atoms with Gasteiger partial charge in [-0.05, 0) is 45.6 Å². The van der Waals surface area contributed by atoms with Gasteiger partial charge in [-0.3, -0.25) is 4.90 Å². The summed E-state index contributed by atoms with van der Waals surface area (Å²) in [5.41, 5.74) is 3.70. The third kappa shape index (κ3) is 4.56. The number of aryl methyl sites for hydroxylation is 1. The first-order chi connectivity index (χ1) is 11.2. The van der Waals surface area contributed by atoms with E-state index in [1.54, 1.807) is 0 Å². The summed E-state index contributed by atoms with van der Waals surface area (Å²) < 4.78 is 7.07. The van der Waals surface area contributed by atoms with Gasteiger partial charge in [-0.1, -0.05) is 36.4 Å². The maximum absolute atomic E-state index is 6.03. The smallest absolute Gasteiger partial charge is 0.136 e. The van der Waals surface area contributed by atoms with Crippen molar-refractivity contribution in [3.8, 4) is 5.75 Å². The van der Waals surface area contributed by atoms with Gasteiger partial charge in [0.1, 0.15) is 12.4 Å². The fraction of sp³-hybridized carbons (Fsp3) is 0.368. The summed E-state index contributed by atoms with van der Waals surface area (Å²) in [6, 6.07) is 14.7. The van der Waals surface area contributed by atoms with E-state index in [4.69, 9.17) is 4.74 Å². The molecule has 2 aromatic rings. The molecule has 0 saturated carbocycles. The maximum atomic E-state index is 6.03. The maximum Gasteiger partial charge on any atom is 0.136 e. The van der Waals surface area contributed by atoms with Crippen molar-refractivity contribution in [2.24, 2.45) is 0 Å². The lowest BCUT2D eigenvalue weighted by atomic mass is 10.1. The third-order valence-electron chi connectivity index (χ3n) is 4.13. The Morgan fingerprint density at radius 1 is 1.09 bits per heavy atom. The van der Waals surface area contributed by atoms with Gasteiger partial charge in [0.25, 0.3) is 0 Å². The Hall–Kier alpha value is -1.36. The molecule has 3 nitrogen and oxygen atoms in total. The fourth-order valence-electron chi connectivity index (χ4n) is 2.93. The number of nitrogens with one attached hydrogen (secondary N) is 1. The monoisotopic (exact) mass is 374 g/mol. The zero-order valence-corrected chi connectivity index (χ0v) is 15.1. The molecule has 0 spiro atoms. The normalized spacial score (nSPS) is 15.6. The van der Waals surface area contributed by atoms with Crippen molar-refractivity contribution in [2.75, 3.05) is 26.2 Å². The Morgan fingerprint density at radius 3 is 2.52 bits per heavy atom. The van der Waals surface area contributed by atoms with Crippen molar-refractivity contribution in [3.63, 3.8) is 0 Å². The molecule has 0 unspecified atom stereocenters. The second kappa shape index (κ2) is 7.95. The van der Waals surface area contributed by atoms with Gasteiger partial charge < -0.3 is 10.1 Å². The Morgan fingerprint density at radius 2 is 1.83 bits per heavy atom. The number of rotatable bonds is 5. The number of piperazine rings is 1. The van der Waals surface area contributed by atoms with Gasteiger partial charge in [0.2, 0.25) is 0 Å². The highest BCUT2D eigenvalue weighted by Gasteiger charge is 2.13. The number of nitrogens with zero attached hydrogens (tertiary/aromatic N) is 1. The van der Waals surface area contributed by atoms with Crippen LogP contribution in [0.5, 0.6) is 5.75 Å². The zero-order chi connectivity index (χ0) is 16.1. The van der Waals surface area contributed by atoms with Crippen LogP contribution in [0.1, 0.15) is 16.7 Å². The fourth-order valence-corrected chi connectivity index (χ4v) is 3.65. The van der Waals surface area contributed by atoms with Gasteiger partial charge in [-0.15, -0.1) is 0 Å². The standard InChI is InChI=1S/C19H23BrN2O/c1-15-11-17(13-22-9-7-21-8-10-22)12-18(20)19(15)23-14-16-5-3-2-4-6-16/h2-6,11-12,21H,7-10,13-14H2,1H3. The summed E-state index contributed by atoms with van der Waals surface area (Å²) >= 11 is 3.68. The highest BCUT2D eigenvalue weighted by atomic mass is 79.9. The lowest BCUT2D eigenvalue weighted by Crippen LogP contribution is -2.42. The number of hydrogen-bond donors (Lipinski definition) is 1. The van der Waals surface area contributed by atoms with Gasteiger partial charge in [0.15, 0.2) is 0 Å². The van der Waals surface area contributed by atoms with Crippen LogP contribution in [0.2, 0.25) is 0 Å². The largest absolute Gasteiger partial charge is 0.487 e. The van der Waals surface area contributed by atoms with Crippen LogP contribution in [0.15, 0.2) is 46.9 Å². The molecule has 122 valence electrons. The molecule has 0 radical (unpaired) electrons. The lowest BCUT2D eigenvalue weighted by Gasteiger charge is -2.27. The zero-order valence-electron chi connectivity index (χ0n) is 13.5. The highest BCUT2D eigenvalue weighted by molar-refractivity contribution is 9.10. The SMILES string of the molecule is Cc1cc(CN2CCNCC2)cc(Br)c1OCc1ccccc1. The second-order valence-electron chi connectivity index (χ2n) is 6.02. The van der Waals surface area contributed by atoms with E-state index in [1.165, 1.54) is 16.7 Å². The van der Waals surface area contributed by atoms with E-state index < -0.39 is 0 Å². The van der Waals surface area contributed by atoms with Gasteiger partial charge in [0, 0.05) is 32.7 Å². The van der Waals surface area contributed by atoms with Crippen molar-refractivity contribution < 1.29 is 4.74 Å². The van der Waals surface area contributed by atoms with Gasteiger partial charge in [-0.2, -0.15) is 0 Å². The van der Waals surface area contributed by atoms with Crippen LogP contribution in [0, 0.1) is 6.92 Å². The summed E-state index contributed by atoms with van der Waals surface area (Å²) in [5.74, 6) is 0.943. The summed E-state index contributed by atoms with van der Waals surface area (Å²) in [4.78, 5) is 2.49. The number of hydrogen-bond acceptors (Lipinski definition) is 3. The molecule has 1 heterocycles. The predicted octanol–water partition coefficient (Wildman–Crippen LogP) is 3.74. The minimum absolute atomic E-state index is 0.595. The van der Waals surface area contributed by atoms with Crippen molar-refractivity contribution in [1.82, 2.24) is 10.2 Å². The first-order valence-corrected chi connectivity index (χ1v) is 8.90. The van der Waals surface area contributed by atoms with E-state index in [9.17, 15) is 0 Å². The molecular weight excluding hydrogens is 352 g/mol. The first kappa shape index (κ1) is 16.5. The minimum Gasteiger partial charge on any atom is -0.487 e. The van der Waals surface area contributed by atoms with Crippen molar-refractivity contribution in [3.05, 3.63) is 63.6 Å². The van der Waals surface area contributed by atoms with Crippen LogP contribution in [-0.2, 0) is 13.2 Å². The Balaban J connectivity index is 1.67. The number of ether oxygens (including phenoxy) is 1. The van der Waals surface area contributed by atoms with E-state index in [0.717, 1.165) is 42.9 Å². The molecule has 4 heteroatoms. The first-order valence-electron chi connectivity index (χ1n) is 8.11. The number of halogens is 1. The minimum atomic E-state index is 0.595. The topological polar surface area (TPSA) is 24.5 Å². The van der Waals surface area contributed by atoms with Crippen LogP contribution in [-0.4, -0.2) is 31.1 Å². The third-order valence-corrected chi connectivity index (χ3v) is 4.72. The van der Waals surface area contributed by atoms with E-state index >= 15 is 0 Å². The summed E-state index contributed by atoms with van der Waals surface area (Å²) in [6.07, 6.45) is 0. The van der Waals surface area contributed by atoms with E-state index in [2.05, 4.69) is 57.3 Å². The Bertz CT molecular complexity index is 616. The van der Waals surface area contributed by atoms with Gasteiger partial charge in [-0.25, -0.2) is 0 Å². The molecule has 2 aromatic carbocycles. The van der Waals surface area contributed by atoms with Crippen LogP contribution in [0.3, 0.4) is 0 Å². The van der Waals surface area contributed by atoms with Gasteiger partial charge in [0.05, 0.1) is 4.47 Å². The molecule has 1 fully saturated rings. The van der Waals surface area contributed by atoms with E-state index in [0.29, 0.717) is 6.61 Å². The van der Waals surface area contributed by atoms with Crippen molar-refractivity contribution in [2.45, 2.75) is 20.1 Å². The average Bonchev–Trinajstić information content (AvgIpc) is 2.56. The molecular formula is C19H23BrN2O. The molecule has 0 aromatic heterocycles. The molecule has 1 N–H and O–H groups in total. The van der Waals surface area contributed by atoms with Crippen molar-refractivity contribution in [1.29, 1.82) is 0 Å². The number of benzene rings is 2. The Labute approximate surface area is 146 Å². The average molecular weight is 375 g/mol. The quantitative estimate of drug-likeness (QED) is 0.862. The molecule has 3 rings (SSSR count). The molecule has 0 aliphatic carbocycles. The van der Waals surface area contributed by atoms with Crippen LogP contribution < -0.4 is 10.1 Å². The highest BCUT2D eigenvalue weighted by Crippen LogP contribution is 2.31. The van der Waals surface area contributed by atoms with E-state index in [1.807, 2.05) is 18.2 Å². The summed E-state index contributed by atoms with van der Waals surface area (Å²) in [6.45, 7) is 8.10. The summed E-state index contributed by atoms with van der Waals surface area (Å²) in [5, 5.41) is 3.39. The molecule has 1 saturated heterocycles. The molecule has 1 aliphatic heterocycles. The molecule has 1 aliphatic rings. The van der Waals surface area contributed by atoms with Crippen molar-refractivity contribution >= 4 is 15.9 Å². The second-order valence-corrected chi connectivity index (χ2v) is 6.88.